The number of hydrogen-bond donors (Lipinski definition) is 0. The fraction of sp³-hybridized carbons (Fsp3) is 0.536. The Kier molecular flexibility index (Phi) is 9.03. The largest absolute Gasteiger partial charge is 0.468 e. The van der Waals surface area contributed by atoms with Gasteiger partial charge in [-0.05, 0) is 22.3 Å². The fourth-order valence-electron chi connectivity index (χ4n) is 5.43. The van der Waals surface area contributed by atoms with E-state index in [1.54, 1.807) is 6.92 Å². The number of carbonyl (C=O) groups is 1. The molecule has 0 saturated carbocycles. The molecule has 0 bridgehead atoms. The first kappa shape index (κ1) is 28.1. The van der Waals surface area contributed by atoms with E-state index >= 15 is 0 Å². The van der Waals surface area contributed by atoms with Gasteiger partial charge in [-0.25, -0.2) is 0 Å². The van der Waals surface area contributed by atoms with Gasteiger partial charge in [-0.3, -0.25) is 4.79 Å². The second-order valence-electron chi connectivity index (χ2n) is 10.7. The van der Waals surface area contributed by atoms with Crippen molar-refractivity contribution in [1.82, 2.24) is 0 Å². The second kappa shape index (κ2) is 11.3. The van der Waals surface area contributed by atoms with Gasteiger partial charge in [-0.2, -0.15) is 0 Å². The summed E-state index contributed by atoms with van der Waals surface area (Å²) in [6.45, 7) is 13.5. The molecule has 192 valence electrons. The molecule has 35 heavy (non-hydrogen) atoms. The monoisotopic (exact) mass is 562 g/mol. The number of rotatable bonds is 8. The SMILES string of the molecule is COC(=O)C(C)(Br)[C@H]1OCO[C@H]([C@@H](C)CO[Si](c2ccccc2)(c2ccccc2)C(C)(C)C)[C@H]1C. The van der Waals surface area contributed by atoms with Crippen LogP contribution in [-0.4, -0.2) is 51.3 Å². The molecule has 7 heteroatoms. The van der Waals surface area contributed by atoms with Gasteiger partial charge in [0.15, 0.2) is 0 Å². The number of benzene rings is 2. The van der Waals surface area contributed by atoms with Crippen LogP contribution in [0.5, 0.6) is 0 Å². The van der Waals surface area contributed by atoms with E-state index in [-0.39, 0.29) is 41.8 Å². The molecule has 3 rings (SSSR count). The maximum Gasteiger partial charge on any atom is 0.325 e. The Morgan fingerprint density at radius 2 is 1.54 bits per heavy atom. The van der Waals surface area contributed by atoms with Crippen molar-refractivity contribution < 1.29 is 23.4 Å². The van der Waals surface area contributed by atoms with Crippen LogP contribution < -0.4 is 10.4 Å². The van der Waals surface area contributed by atoms with Crippen molar-refractivity contribution in [2.45, 2.75) is 63.1 Å². The lowest BCUT2D eigenvalue weighted by Crippen LogP contribution is -2.67. The zero-order valence-corrected chi connectivity index (χ0v) is 24.5. The summed E-state index contributed by atoms with van der Waals surface area (Å²) >= 11 is 3.56. The molecular formula is C28H39BrO5Si. The van der Waals surface area contributed by atoms with Crippen molar-refractivity contribution in [3.63, 3.8) is 0 Å². The summed E-state index contributed by atoms with van der Waals surface area (Å²) in [6.07, 6.45) is -0.516. The average Bonchev–Trinajstić information content (AvgIpc) is 2.84. The van der Waals surface area contributed by atoms with Crippen molar-refractivity contribution in [3.05, 3.63) is 60.7 Å². The molecule has 0 radical (unpaired) electrons. The van der Waals surface area contributed by atoms with Crippen molar-refractivity contribution in [2.75, 3.05) is 20.5 Å². The van der Waals surface area contributed by atoms with Crippen LogP contribution in [0.2, 0.25) is 5.04 Å². The van der Waals surface area contributed by atoms with E-state index in [1.807, 2.05) is 0 Å². The lowest BCUT2D eigenvalue weighted by atomic mass is 9.83. The number of methoxy groups -OCH3 is 1. The van der Waals surface area contributed by atoms with E-state index in [9.17, 15) is 4.79 Å². The highest BCUT2D eigenvalue weighted by atomic mass is 79.9. The van der Waals surface area contributed by atoms with Crippen molar-refractivity contribution in [1.29, 1.82) is 0 Å². The molecule has 0 N–H and O–H groups in total. The summed E-state index contributed by atoms with van der Waals surface area (Å²) in [5.74, 6) is -0.324. The Bertz CT molecular complexity index is 921. The Labute approximate surface area is 219 Å². The predicted molar refractivity (Wildman–Crippen MR) is 146 cm³/mol. The van der Waals surface area contributed by atoms with E-state index in [2.05, 4.69) is 111 Å². The highest BCUT2D eigenvalue weighted by Gasteiger charge is 2.52. The quantitative estimate of drug-likeness (QED) is 0.260. The fourth-order valence-corrected chi connectivity index (χ4v) is 10.8. The van der Waals surface area contributed by atoms with Gasteiger partial charge in [0, 0.05) is 18.4 Å². The molecule has 0 aliphatic carbocycles. The van der Waals surface area contributed by atoms with Crippen LogP contribution >= 0.6 is 15.9 Å². The molecular weight excluding hydrogens is 524 g/mol. The highest BCUT2D eigenvalue weighted by molar-refractivity contribution is 9.10. The minimum Gasteiger partial charge on any atom is -0.468 e. The normalized spacial score (nSPS) is 23.8. The van der Waals surface area contributed by atoms with Gasteiger partial charge >= 0.3 is 5.97 Å². The van der Waals surface area contributed by atoms with Gasteiger partial charge < -0.3 is 18.6 Å². The lowest BCUT2D eigenvalue weighted by molar-refractivity contribution is -0.226. The third-order valence-electron chi connectivity index (χ3n) is 7.16. The Morgan fingerprint density at radius 3 is 2.00 bits per heavy atom. The van der Waals surface area contributed by atoms with Gasteiger partial charge in [-0.1, -0.05) is 111 Å². The molecule has 1 aliphatic rings. The molecule has 5 atom stereocenters. The Hall–Kier alpha value is -1.51. The smallest absolute Gasteiger partial charge is 0.325 e. The molecule has 2 aromatic rings. The van der Waals surface area contributed by atoms with Crippen molar-refractivity contribution >= 4 is 40.6 Å². The van der Waals surface area contributed by atoms with Crippen molar-refractivity contribution in [2.24, 2.45) is 11.8 Å². The first-order valence-corrected chi connectivity index (χ1v) is 14.9. The maximum absolute atomic E-state index is 12.4. The van der Waals surface area contributed by atoms with Crippen LogP contribution in [0.4, 0.5) is 0 Å². The number of esters is 1. The summed E-state index contributed by atoms with van der Waals surface area (Å²) < 4.78 is 23.2. The van der Waals surface area contributed by atoms with Gasteiger partial charge in [0.1, 0.15) is 11.1 Å². The van der Waals surface area contributed by atoms with Crippen molar-refractivity contribution in [3.8, 4) is 0 Å². The third kappa shape index (κ3) is 5.59. The average molecular weight is 564 g/mol. The van der Waals surface area contributed by atoms with Crippen LogP contribution in [0.25, 0.3) is 0 Å². The Balaban J connectivity index is 1.91. The molecule has 1 unspecified atom stereocenters. The molecule has 1 fully saturated rings. The topological polar surface area (TPSA) is 54.0 Å². The highest BCUT2D eigenvalue weighted by Crippen LogP contribution is 2.40. The molecule has 2 aromatic carbocycles. The summed E-state index contributed by atoms with van der Waals surface area (Å²) in [6, 6.07) is 21.3. The van der Waals surface area contributed by atoms with E-state index in [4.69, 9.17) is 18.6 Å². The Morgan fingerprint density at radius 1 is 1.03 bits per heavy atom. The molecule has 0 aromatic heterocycles. The zero-order valence-electron chi connectivity index (χ0n) is 21.9. The third-order valence-corrected chi connectivity index (χ3v) is 12.9. The number of hydrogen-bond acceptors (Lipinski definition) is 5. The molecule has 5 nitrogen and oxygen atoms in total. The lowest BCUT2D eigenvalue weighted by Gasteiger charge is -2.46. The summed E-state index contributed by atoms with van der Waals surface area (Å²) in [5, 5.41) is 2.41. The molecule has 0 amide bonds. The van der Waals surface area contributed by atoms with E-state index < -0.39 is 12.6 Å². The van der Waals surface area contributed by atoms with E-state index in [0.29, 0.717) is 6.61 Å². The molecule has 1 heterocycles. The van der Waals surface area contributed by atoms with Gasteiger partial charge in [-0.15, -0.1) is 0 Å². The number of halogens is 1. The minimum absolute atomic E-state index is 0.0509. The number of carbonyl (C=O) groups excluding carboxylic acids is 1. The standard InChI is InChI=1S/C28H39BrO5Si/c1-20(24-21(2)25(33-19-32-24)28(6,29)26(30)31-7)18-34-35(27(3,4)5,22-14-10-8-11-15-22)23-16-12-9-13-17-23/h8-17,20-21,24-25H,18-19H2,1-7H3/t20-,21+,24+,25-,28?/m0/s1. The van der Waals surface area contributed by atoms with E-state index in [1.165, 1.54) is 17.5 Å². The molecule has 0 spiro atoms. The van der Waals surface area contributed by atoms with Gasteiger partial charge in [0.25, 0.3) is 8.32 Å². The number of ether oxygens (including phenoxy) is 3. The minimum atomic E-state index is -2.65. The van der Waals surface area contributed by atoms with Crippen LogP contribution in [0.3, 0.4) is 0 Å². The van der Waals surface area contributed by atoms with Crippen LogP contribution in [0.1, 0.15) is 41.5 Å². The molecule has 1 aliphatic heterocycles. The summed E-state index contributed by atoms with van der Waals surface area (Å²) in [5.41, 5.74) is 0. The number of alkyl halides is 1. The van der Waals surface area contributed by atoms with E-state index in [0.717, 1.165) is 0 Å². The predicted octanol–water partition coefficient (Wildman–Crippen LogP) is 4.90. The first-order chi connectivity index (χ1) is 16.5. The summed E-state index contributed by atoms with van der Waals surface area (Å²) in [4.78, 5) is 12.4. The summed E-state index contributed by atoms with van der Waals surface area (Å²) in [7, 11) is -1.25. The molecule has 1 saturated heterocycles. The van der Waals surface area contributed by atoms with Crippen LogP contribution in [-0.2, 0) is 23.4 Å². The zero-order chi connectivity index (χ0) is 25.9. The maximum atomic E-state index is 12.4. The van der Waals surface area contributed by atoms with Crippen LogP contribution in [0.15, 0.2) is 60.7 Å². The van der Waals surface area contributed by atoms with Crippen LogP contribution in [0, 0.1) is 11.8 Å². The second-order valence-corrected chi connectivity index (χ2v) is 16.7. The van der Waals surface area contributed by atoms with Gasteiger partial charge in [0.2, 0.25) is 0 Å². The van der Waals surface area contributed by atoms with Gasteiger partial charge in [0.05, 0.1) is 19.3 Å². The first-order valence-electron chi connectivity index (χ1n) is 12.2.